The maximum Gasteiger partial charge on any atom is 0.320 e. The van der Waals surface area contributed by atoms with Gasteiger partial charge in [0.05, 0.1) is 11.6 Å². The molecule has 0 fully saturated rings. The molecule has 1 aromatic carbocycles. The molecule has 1 atom stereocenters. The third-order valence-corrected chi connectivity index (χ3v) is 2.65. The van der Waals surface area contributed by atoms with E-state index in [1.807, 2.05) is 0 Å². The molecule has 5 heteroatoms. The standard InChI is InChI=1S/C12H11N3O2/c13-5-7-1-2-11-9(3-7)8(6-15-11)4-10(14)12(16)17/h1-3,6,10,15H,4,14H2,(H,16,17). The molecule has 86 valence electrons. The van der Waals surface area contributed by atoms with Crippen LogP contribution in [0.15, 0.2) is 24.4 Å². The highest BCUT2D eigenvalue weighted by molar-refractivity contribution is 5.85. The summed E-state index contributed by atoms with van der Waals surface area (Å²) in [6.45, 7) is 0. The molecule has 17 heavy (non-hydrogen) atoms. The summed E-state index contributed by atoms with van der Waals surface area (Å²) < 4.78 is 0. The number of aliphatic carboxylic acids is 1. The van der Waals surface area contributed by atoms with Crippen LogP contribution < -0.4 is 5.73 Å². The number of nitriles is 1. The van der Waals surface area contributed by atoms with Crippen LogP contribution in [0.1, 0.15) is 11.1 Å². The summed E-state index contributed by atoms with van der Waals surface area (Å²) in [4.78, 5) is 13.7. The molecule has 0 aliphatic carbocycles. The summed E-state index contributed by atoms with van der Waals surface area (Å²) in [5.41, 5.74) is 7.72. The van der Waals surface area contributed by atoms with Crippen LogP contribution in [0.3, 0.4) is 0 Å². The minimum Gasteiger partial charge on any atom is -0.480 e. The molecule has 0 spiro atoms. The Morgan fingerprint density at radius 2 is 2.35 bits per heavy atom. The van der Waals surface area contributed by atoms with Gasteiger partial charge in [0.1, 0.15) is 6.04 Å². The molecule has 5 nitrogen and oxygen atoms in total. The zero-order valence-electron chi connectivity index (χ0n) is 8.97. The van der Waals surface area contributed by atoms with Crippen molar-refractivity contribution in [1.82, 2.24) is 4.98 Å². The SMILES string of the molecule is N#Cc1ccc2[nH]cc(CC(N)C(=O)O)c2c1. The fraction of sp³-hybridized carbons (Fsp3) is 0.167. The van der Waals surface area contributed by atoms with Crippen LogP contribution in [0, 0.1) is 11.3 Å². The van der Waals surface area contributed by atoms with Crippen LogP contribution in [0.25, 0.3) is 10.9 Å². The number of aromatic nitrogens is 1. The summed E-state index contributed by atoms with van der Waals surface area (Å²) in [6.07, 6.45) is 1.97. The number of hydrogen-bond donors (Lipinski definition) is 3. The molecule has 0 amide bonds. The Morgan fingerprint density at radius 1 is 1.59 bits per heavy atom. The van der Waals surface area contributed by atoms with Crippen molar-refractivity contribution in [2.75, 3.05) is 0 Å². The Morgan fingerprint density at radius 3 is 3.00 bits per heavy atom. The van der Waals surface area contributed by atoms with Gasteiger partial charge in [-0.05, 0) is 23.8 Å². The molecule has 0 aliphatic rings. The molecule has 2 rings (SSSR count). The van der Waals surface area contributed by atoms with E-state index in [-0.39, 0.29) is 6.42 Å². The van der Waals surface area contributed by atoms with Crippen LogP contribution in [0.5, 0.6) is 0 Å². The minimum atomic E-state index is -1.03. The maximum absolute atomic E-state index is 10.7. The zero-order chi connectivity index (χ0) is 12.4. The number of rotatable bonds is 3. The number of hydrogen-bond acceptors (Lipinski definition) is 3. The molecule has 4 N–H and O–H groups in total. The number of nitrogens with one attached hydrogen (secondary N) is 1. The van der Waals surface area contributed by atoms with E-state index in [4.69, 9.17) is 16.1 Å². The van der Waals surface area contributed by atoms with Crippen LogP contribution in [0.4, 0.5) is 0 Å². The Balaban J connectivity index is 2.41. The minimum absolute atomic E-state index is 0.240. The third-order valence-electron chi connectivity index (χ3n) is 2.65. The second kappa shape index (κ2) is 4.28. The number of fused-ring (bicyclic) bond motifs is 1. The molecule has 0 aliphatic heterocycles. The van der Waals surface area contributed by atoms with Crippen LogP contribution in [0.2, 0.25) is 0 Å². The van der Waals surface area contributed by atoms with Crippen LogP contribution in [-0.4, -0.2) is 22.1 Å². The molecule has 2 aromatic rings. The van der Waals surface area contributed by atoms with Crippen molar-refractivity contribution in [3.05, 3.63) is 35.5 Å². The monoisotopic (exact) mass is 229 g/mol. The van der Waals surface area contributed by atoms with Crippen molar-refractivity contribution in [3.63, 3.8) is 0 Å². The average Bonchev–Trinajstić information content (AvgIpc) is 2.71. The predicted octanol–water partition coefficient (Wildman–Crippen LogP) is 0.994. The fourth-order valence-electron chi connectivity index (χ4n) is 1.74. The van der Waals surface area contributed by atoms with Gasteiger partial charge in [0.25, 0.3) is 0 Å². The lowest BCUT2D eigenvalue weighted by molar-refractivity contribution is -0.138. The zero-order valence-corrected chi connectivity index (χ0v) is 8.97. The lowest BCUT2D eigenvalue weighted by Crippen LogP contribution is -2.32. The first-order valence-corrected chi connectivity index (χ1v) is 5.10. The number of carboxylic acids is 1. The molecule has 0 radical (unpaired) electrons. The quantitative estimate of drug-likeness (QED) is 0.730. The number of nitrogens with zero attached hydrogens (tertiary/aromatic N) is 1. The molecule has 1 aromatic heterocycles. The summed E-state index contributed by atoms with van der Waals surface area (Å²) in [5, 5.41) is 18.4. The molecule has 1 unspecified atom stereocenters. The van der Waals surface area contributed by atoms with Gasteiger partial charge in [0.15, 0.2) is 0 Å². The van der Waals surface area contributed by atoms with E-state index in [0.29, 0.717) is 5.56 Å². The van der Waals surface area contributed by atoms with Gasteiger partial charge < -0.3 is 15.8 Å². The van der Waals surface area contributed by atoms with Gasteiger partial charge in [0.2, 0.25) is 0 Å². The van der Waals surface area contributed by atoms with Gasteiger partial charge >= 0.3 is 5.97 Å². The van der Waals surface area contributed by atoms with Gasteiger partial charge in [-0.3, -0.25) is 4.79 Å². The lowest BCUT2D eigenvalue weighted by atomic mass is 10.0. The maximum atomic E-state index is 10.7. The number of aromatic amines is 1. The summed E-state index contributed by atoms with van der Waals surface area (Å²) in [5.74, 6) is -1.03. The van der Waals surface area contributed by atoms with Crippen molar-refractivity contribution in [2.45, 2.75) is 12.5 Å². The number of carboxylic acid groups (broad SMARTS) is 1. The van der Waals surface area contributed by atoms with E-state index < -0.39 is 12.0 Å². The summed E-state index contributed by atoms with van der Waals surface area (Å²) in [6, 6.07) is 6.36. The van der Waals surface area contributed by atoms with Crippen molar-refractivity contribution in [3.8, 4) is 6.07 Å². The molecule has 0 saturated carbocycles. The molecular weight excluding hydrogens is 218 g/mol. The Labute approximate surface area is 97.5 Å². The average molecular weight is 229 g/mol. The first kappa shape index (κ1) is 11.2. The molecule has 1 heterocycles. The topological polar surface area (TPSA) is 103 Å². The fourth-order valence-corrected chi connectivity index (χ4v) is 1.74. The van der Waals surface area contributed by atoms with Gasteiger partial charge in [-0.1, -0.05) is 0 Å². The van der Waals surface area contributed by atoms with Gasteiger partial charge in [-0.2, -0.15) is 5.26 Å². The second-order valence-corrected chi connectivity index (χ2v) is 3.83. The largest absolute Gasteiger partial charge is 0.480 e. The first-order valence-electron chi connectivity index (χ1n) is 5.10. The van der Waals surface area contributed by atoms with E-state index in [0.717, 1.165) is 16.5 Å². The Kier molecular flexibility index (Phi) is 2.81. The molecule has 0 bridgehead atoms. The number of nitrogens with two attached hydrogens (primary N) is 1. The second-order valence-electron chi connectivity index (χ2n) is 3.83. The lowest BCUT2D eigenvalue weighted by Gasteiger charge is -2.04. The van der Waals surface area contributed by atoms with Crippen molar-refractivity contribution in [2.24, 2.45) is 5.73 Å². The number of benzene rings is 1. The van der Waals surface area contributed by atoms with Gasteiger partial charge in [-0.25, -0.2) is 0 Å². The van der Waals surface area contributed by atoms with E-state index in [1.54, 1.807) is 24.4 Å². The smallest absolute Gasteiger partial charge is 0.320 e. The van der Waals surface area contributed by atoms with E-state index in [9.17, 15) is 4.79 Å². The molecule has 0 saturated heterocycles. The van der Waals surface area contributed by atoms with Crippen LogP contribution in [-0.2, 0) is 11.2 Å². The van der Waals surface area contributed by atoms with Gasteiger partial charge in [-0.15, -0.1) is 0 Å². The Hall–Kier alpha value is -2.32. The van der Waals surface area contributed by atoms with Crippen molar-refractivity contribution < 1.29 is 9.90 Å². The number of H-pyrrole nitrogens is 1. The third kappa shape index (κ3) is 2.12. The van der Waals surface area contributed by atoms with E-state index >= 15 is 0 Å². The summed E-state index contributed by atoms with van der Waals surface area (Å²) in [7, 11) is 0. The first-order chi connectivity index (χ1) is 8.11. The summed E-state index contributed by atoms with van der Waals surface area (Å²) >= 11 is 0. The van der Waals surface area contributed by atoms with E-state index in [1.165, 1.54) is 0 Å². The van der Waals surface area contributed by atoms with Gasteiger partial charge in [0, 0.05) is 23.5 Å². The highest BCUT2D eigenvalue weighted by Crippen LogP contribution is 2.20. The van der Waals surface area contributed by atoms with Crippen molar-refractivity contribution in [1.29, 1.82) is 5.26 Å². The van der Waals surface area contributed by atoms with E-state index in [2.05, 4.69) is 11.1 Å². The number of carbonyl (C=O) groups is 1. The normalized spacial score (nSPS) is 12.2. The van der Waals surface area contributed by atoms with Crippen LogP contribution >= 0.6 is 0 Å². The van der Waals surface area contributed by atoms with Crippen molar-refractivity contribution >= 4 is 16.9 Å². The molecular formula is C12H11N3O2. The predicted molar refractivity (Wildman–Crippen MR) is 62.3 cm³/mol. The Bertz CT molecular complexity index is 610. The highest BCUT2D eigenvalue weighted by atomic mass is 16.4. The highest BCUT2D eigenvalue weighted by Gasteiger charge is 2.14.